The molecule has 100 valence electrons. The van der Waals surface area contributed by atoms with E-state index in [1.807, 2.05) is 12.3 Å². The summed E-state index contributed by atoms with van der Waals surface area (Å²) in [5.41, 5.74) is 9.38. The smallest absolute Gasteiger partial charge is 0.0346 e. The third-order valence-corrected chi connectivity index (χ3v) is 3.53. The van der Waals surface area contributed by atoms with Gasteiger partial charge in [0, 0.05) is 12.4 Å². The lowest BCUT2D eigenvalue weighted by Crippen LogP contribution is -2.06. The maximum absolute atomic E-state index is 5.58. The van der Waals surface area contributed by atoms with Crippen molar-refractivity contribution in [3.63, 3.8) is 0 Å². The molecule has 0 spiro atoms. The second kappa shape index (κ2) is 7.05. The third kappa shape index (κ3) is 4.18. The van der Waals surface area contributed by atoms with Gasteiger partial charge in [0.05, 0.1) is 0 Å². The lowest BCUT2D eigenvalue weighted by molar-refractivity contribution is 0.500. The van der Waals surface area contributed by atoms with Gasteiger partial charge in [0.1, 0.15) is 0 Å². The summed E-state index contributed by atoms with van der Waals surface area (Å²) < 4.78 is 0. The van der Waals surface area contributed by atoms with E-state index < -0.39 is 0 Å². The quantitative estimate of drug-likeness (QED) is 0.854. The highest BCUT2D eigenvalue weighted by Crippen LogP contribution is 2.19. The van der Waals surface area contributed by atoms with Crippen LogP contribution in [0.1, 0.15) is 25.3 Å². The Bertz CT molecular complexity index is 476. The van der Waals surface area contributed by atoms with Crippen molar-refractivity contribution < 1.29 is 0 Å². The van der Waals surface area contributed by atoms with E-state index in [1.54, 1.807) is 6.20 Å². The highest BCUT2D eigenvalue weighted by atomic mass is 14.6. The largest absolute Gasteiger partial charge is 0.330 e. The molecule has 0 radical (unpaired) electrons. The Labute approximate surface area is 115 Å². The van der Waals surface area contributed by atoms with Crippen LogP contribution in [0.3, 0.4) is 0 Å². The molecule has 19 heavy (non-hydrogen) atoms. The van der Waals surface area contributed by atoms with Crippen LogP contribution in [0.5, 0.6) is 0 Å². The zero-order valence-electron chi connectivity index (χ0n) is 11.5. The van der Waals surface area contributed by atoms with Crippen LogP contribution in [0.15, 0.2) is 48.8 Å². The summed E-state index contributed by atoms with van der Waals surface area (Å²) >= 11 is 0. The molecule has 2 nitrogen and oxygen atoms in total. The lowest BCUT2D eigenvalue weighted by Gasteiger charge is -2.10. The van der Waals surface area contributed by atoms with Gasteiger partial charge in [-0.2, -0.15) is 0 Å². The van der Waals surface area contributed by atoms with Crippen LogP contribution in [-0.2, 0) is 6.42 Å². The van der Waals surface area contributed by atoms with Crippen LogP contribution in [-0.4, -0.2) is 11.5 Å². The van der Waals surface area contributed by atoms with Gasteiger partial charge < -0.3 is 5.73 Å². The summed E-state index contributed by atoms with van der Waals surface area (Å²) in [5, 5.41) is 0. The van der Waals surface area contributed by atoms with Crippen molar-refractivity contribution in [1.29, 1.82) is 0 Å². The van der Waals surface area contributed by atoms with Gasteiger partial charge in [0.2, 0.25) is 0 Å². The molecule has 0 saturated carbocycles. The first-order valence-electron chi connectivity index (χ1n) is 6.99. The number of benzene rings is 1. The van der Waals surface area contributed by atoms with Crippen molar-refractivity contribution in [3.05, 3.63) is 54.4 Å². The molecular weight excluding hydrogens is 232 g/mol. The highest BCUT2D eigenvalue weighted by molar-refractivity contribution is 5.62. The molecule has 0 aliphatic carbocycles. The van der Waals surface area contributed by atoms with Crippen molar-refractivity contribution in [1.82, 2.24) is 4.98 Å². The zero-order valence-corrected chi connectivity index (χ0v) is 11.5. The minimum absolute atomic E-state index is 0.711. The van der Waals surface area contributed by atoms with E-state index in [-0.39, 0.29) is 0 Å². The standard InChI is InChI=1S/C17H22N2/c1-14(10-11-18)4-5-15-6-8-16(9-7-15)17-3-2-12-19-13-17/h2-3,6-9,12-14H,4-5,10-11,18H2,1H3. The number of pyridine rings is 1. The van der Waals surface area contributed by atoms with Gasteiger partial charge in [-0.25, -0.2) is 0 Å². The van der Waals surface area contributed by atoms with Crippen molar-refractivity contribution >= 4 is 0 Å². The number of aryl methyl sites for hydroxylation is 1. The molecule has 0 fully saturated rings. The second-order valence-corrected chi connectivity index (χ2v) is 5.16. The number of hydrogen-bond acceptors (Lipinski definition) is 2. The van der Waals surface area contributed by atoms with Crippen LogP contribution < -0.4 is 5.73 Å². The topological polar surface area (TPSA) is 38.9 Å². The fourth-order valence-corrected chi connectivity index (χ4v) is 2.24. The monoisotopic (exact) mass is 254 g/mol. The van der Waals surface area contributed by atoms with Gasteiger partial charge in [-0.15, -0.1) is 0 Å². The summed E-state index contributed by atoms with van der Waals surface area (Å²) in [6, 6.07) is 12.9. The fraction of sp³-hybridized carbons (Fsp3) is 0.353. The summed E-state index contributed by atoms with van der Waals surface area (Å²) in [7, 11) is 0. The molecule has 2 N–H and O–H groups in total. The minimum atomic E-state index is 0.711. The average Bonchev–Trinajstić information content (AvgIpc) is 2.47. The number of rotatable bonds is 6. The van der Waals surface area contributed by atoms with Crippen LogP contribution in [0.2, 0.25) is 0 Å². The first-order chi connectivity index (χ1) is 9.29. The molecule has 1 heterocycles. The predicted molar refractivity (Wildman–Crippen MR) is 80.8 cm³/mol. The van der Waals surface area contributed by atoms with Gasteiger partial charge in [-0.1, -0.05) is 37.3 Å². The molecule has 1 aromatic heterocycles. The predicted octanol–water partition coefficient (Wildman–Crippen LogP) is 3.67. The van der Waals surface area contributed by atoms with E-state index in [9.17, 15) is 0 Å². The Morgan fingerprint density at radius 2 is 1.84 bits per heavy atom. The maximum atomic E-state index is 5.58. The molecule has 0 bridgehead atoms. The SMILES string of the molecule is CC(CCN)CCc1ccc(-c2cccnc2)cc1. The number of aromatic nitrogens is 1. The Hall–Kier alpha value is -1.67. The van der Waals surface area contributed by atoms with Crippen molar-refractivity contribution in [3.8, 4) is 11.1 Å². The van der Waals surface area contributed by atoms with Gasteiger partial charge in [0.25, 0.3) is 0 Å². The van der Waals surface area contributed by atoms with Gasteiger partial charge in [0.15, 0.2) is 0 Å². The van der Waals surface area contributed by atoms with Crippen LogP contribution in [0.25, 0.3) is 11.1 Å². The van der Waals surface area contributed by atoms with E-state index in [1.165, 1.54) is 23.1 Å². The molecule has 0 saturated heterocycles. The van der Waals surface area contributed by atoms with Gasteiger partial charge in [-0.05, 0) is 54.5 Å². The molecule has 0 aliphatic heterocycles. The molecule has 1 aromatic carbocycles. The molecule has 0 amide bonds. The van der Waals surface area contributed by atoms with E-state index in [0.29, 0.717) is 5.92 Å². The van der Waals surface area contributed by atoms with Crippen LogP contribution >= 0.6 is 0 Å². The zero-order chi connectivity index (χ0) is 13.5. The molecular formula is C17H22N2. The van der Waals surface area contributed by atoms with E-state index in [0.717, 1.165) is 19.4 Å². The molecule has 2 rings (SSSR count). The van der Waals surface area contributed by atoms with Gasteiger partial charge in [-0.3, -0.25) is 4.98 Å². The second-order valence-electron chi connectivity index (χ2n) is 5.16. The molecule has 1 unspecified atom stereocenters. The Morgan fingerprint density at radius 3 is 2.47 bits per heavy atom. The van der Waals surface area contributed by atoms with Crippen molar-refractivity contribution in [2.24, 2.45) is 11.7 Å². The third-order valence-electron chi connectivity index (χ3n) is 3.53. The molecule has 0 aliphatic rings. The van der Waals surface area contributed by atoms with Crippen LogP contribution in [0, 0.1) is 5.92 Å². The molecule has 2 heteroatoms. The fourth-order valence-electron chi connectivity index (χ4n) is 2.24. The first kappa shape index (κ1) is 13.8. The van der Waals surface area contributed by atoms with E-state index >= 15 is 0 Å². The normalized spacial score (nSPS) is 12.3. The lowest BCUT2D eigenvalue weighted by atomic mass is 9.97. The number of hydrogen-bond donors (Lipinski definition) is 1. The maximum Gasteiger partial charge on any atom is 0.0346 e. The summed E-state index contributed by atoms with van der Waals surface area (Å²) in [4.78, 5) is 4.15. The number of nitrogens with zero attached hydrogens (tertiary/aromatic N) is 1. The average molecular weight is 254 g/mol. The first-order valence-corrected chi connectivity index (χ1v) is 6.99. The van der Waals surface area contributed by atoms with E-state index in [2.05, 4.69) is 42.2 Å². The minimum Gasteiger partial charge on any atom is -0.330 e. The van der Waals surface area contributed by atoms with Gasteiger partial charge >= 0.3 is 0 Å². The summed E-state index contributed by atoms with van der Waals surface area (Å²) in [5.74, 6) is 0.711. The highest BCUT2D eigenvalue weighted by Gasteiger charge is 2.02. The molecule has 1 atom stereocenters. The Balaban J connectivity index is 1.95. The molecule has 2 aromatic rings. The summed E-state index contributed by atoms with van der Waals surface area (Å²) in [6.07, 6.45) is 7.17. The van der Waals surface area contributed by atoms with Crippen molar-refractivity contribution in [2.45, 2.75) is 26.2 Å². The van der Waals surface area contributed by atoms with E-state index in [4.69, 9.17) is 5.73 Å². The van der Waals surface area contributed by atoms with Crippen molar-refractivity contribution in [2.75, 3.05) is 6.54 Å². The number of nitrogens with two attached hydrogens (primary N) is 1. The Kier molecular flexibility index (Phi) is 5.10. The summed E-state index contributed by atoms with van der Waals surface area (Å²) in [6.45, 7) is 3.07. The van der Waals surface area contributed by atoms with Crippen LogP contribution in [0.4, 0.5) is 0 Å². The Morgan fingerprint density at radius 1 is 1.05 bits per heavy atom.